The van der Waals surface area contributed by atoms with E-state index in [1.54, 1.807) is 0 Å². The zero-order valence-electron chi connectivity index (χ0n) is 12.4. The molecule has 1 aromatic rings. The third kappa shape index (κ3) is 4.84. The third-order valence-electron chi connectivity index (χ3n) is 3.30. The fourth-order valence-corrected chi connectivity index (χ4v) is 2.13. The molecule has 19 heavy (non-hydrogen) atoms. The van der Waals surface area contributed by atoms with Gasteiger partial charge in [-0.1, -0.05) is 19.1 Å². The first-order valence-corrected chi connectivity index (χ1v) is 7.33. The Morgan fingerprint density at radius 1 is 1.26 bits per heavy atom. The number of nitrogens with zero attached hydrogens (tertiary/aromatic N) is 1. The summed E-state index contributed by atoms with van der Waals surface area (Å²) in [7, 11) is 4.23. The Bertz CT molecular complexity index is 371. The fraction of sp³-hybridized carbons (Fsp3) is 0.625. The standard InChI is InChI=1S/C16H26N2O/c1-4-11-17-16(12-18(2)3)13-5-7-14(8-6-13)19-15-9-10-15/h5-8,15-17H,4,9-12H2,1-3H3. The van der Waals surface area contributed by atoms with Gasteiger partial charge in [0.25, 0.3) is 0 Å². The molecule has 0 saturated heterocycles. The van der Waals surface area contributed by atoms with Crippen molar-refractivity contribution in [3.8, 4) is 5.75 Å². The molecule has 0 spiro atoms. The zero-order valence-corrected chi connectivity index (χ0v) is 12.4. The number of rotatable bonds is 8. The molecular formula is C16H26N2O. The average molecular weight is 262 g/mol. The van der Waals surface area contributed by atoms with Gasteiger partial charge in [-0.25, -0.2) is 0 Å². The van der Waals surface area contributed by atoms with Gasteiger partial charge in [0.2, 0.25) is 0 Å². The maximum absolute atomic E-state index is 5.79. The number of hydrogen-bond donors (Lipinski definition) is 1. The molecule has 0 aromatic heterocycles. The second-order valence-corrected chi connectivity index (χ2v) is 5.66. The van der Waals surface area contributed by atoms with E-state index in [1.807, 2.05) is 0 Å². The minimum absolute atomic E-state index is 0.393. The van der Waals surface area contributed by atoms with Gasteiger partial charge in [0.15, 0.2) is 0 Å². The van der Waals surface area contributed by atoms with E-state index >= 15 is 0 Å². The lowest BCUT2D eigenvalue weighted by atomic mass is 10.1. The SMILES string of the molecule is CCCNC(CN(C)C)c1ccc(OC2CC2)cc1. The minimum atomic E-state index is 0.393. The Morgan fingerprint density at radius 3 is 2.47 bits per heavy atom. The monoisotopic (exact) mass is 262 g/mol. The van der Waals surface area contributed by atoms with Crippen molar-refractivity contribution in [3.63, 3.8) is 0 Å². The van der Waals surface area contributed by atoms with Crippen molar-refractivity contribution in [2.24, 2.45) is 0 Å². The Kier molecular flexibility index (Phi) is 5.23. The smallest absolute Gasteiger partial charge is 0.119 e. The van der Waals surface area contributed by atoms with Crippen molar-refractivity contribution >= 4 is 0 Å². The van der Waals surface area contributed by atoms with E-state index in [0.717, 1.165) is 25.3 Å². The molecule has 1 aliphatic carbocycles. The Morgan fingerprint density at radius 2 is 1.95 bits per heavy atom. The van der Waals surface area contributed by atoms with Gasteiger partial charge in [-0.15, -0.1) is 0 Å². The first-order valence-electron chi connectivity index (χ1n) is 7.33. The van der Waals surface area contributed by atoms with Crippen LogP contribution in [0.5, 0.6) is 5.75 Å². The van der Waals surface area contributed by atoms with Gasteiger partial charge in [0, 0.05) is 12.6 Å². The van der Waals surface area contributed by atoms with Crippen LogP contribution in [0.25, 0.3) is 0 Å². The van der Waals surface area contributed by atoms with Gasteiger partial charge in [0.05, 0.1) is 6.10 Å². The zero-order chi connectivity index (χ0) is 13.7. The van der Waals surface area contributed by atoms with E-state index in [1.165, 1.54) is 18.4 Å². The van der Waals surface area contributed by atoms with Crippen molar-refractivity contribution in [3.05, 3.63) is 29.8 Å². The third-order valence-corrected chi connectivity index (χ3v) is 3.30. The summed E-state index contributed by atoms with van der Waals surface area (Å²) in [4.78, 5) is 2.22. The first kappa shape index (κ1) is 14.4. The molecule has 106 valence electrons. The molecule has 1 atom stereocenters. The highest BCUT2D eigenvalue weighted by atomic mass is 16.5. The molecule has 3 heteroatoms. The number of likely N-dealkylation sites (N-methyl/N-ethyl adjacent to an activating group) is 1. The van der Waals surface area contributed by atoms with Crippen LogP contribution in [0.1, 0.15) is 37.8 Å². The van der Waals surface area contributed by atoms with Crippen LogP contribution in [0, 0.1) is 0 Å². The van der Waals surface area contributed by atoms with E-state index in [0.29, 0.717) is 12.1 Å². The normalized spacial score (nSPS) is 16.6. The predicted molar refractivity (Wildman–Crippen MR) is 79.7 cm³/mol. The van der Waals surface area contributed by atoms with Crippen LogP contribution in [0.4, 0.5) is 0 Å². The molecule has 0 radical (unpaired) electrons. The van der Waals surface area contributed by atoms with Gasteiger partial charge in [-0.05, 0) is 57.6 Å². The second kappa shape index (κ2) is 6.92. The maximum atomic E-state index is 5.79. The summed E-state index contributed by atoms with van der Waals surface area (Å²) in [6, 6.07) is 8.97. The molecule has 3 nitrogen and oxygen atoms in total. The van der Waals surface area contributed by atoms with Crippen LogP contribution in [0.15, 0.2) is 24.3 Å². The molecule has 1 unspecified atom stereocenters. The first-order chi connectivity index (χ1) is 9.19. The predicted octanol–water partition coefficient (Wildman–Crippen LogP) is 2.83. The van der Waals surface area contributed by atoms with Crippen molar-refractivity contribution in [1.82, 2.24) is 10.2 Å². The van der Waals surface area contributed by atoms with Crippen LogP contribution in [-0.2, 0) is 0 Å². The average Bonchev–Trinajstić information content (AvgIpc) is 3.19. The Balaban J connectivity index is 1.97. The fourth-order valence-electron chi connectivity index (χ4n) is 2.13. The topological polar surface area (TPSA) is 24.5 Å². The molecule has 0 aliphatic heterocycles. The quantitative estimate of drug-likeness (QED) is 0.779. The van der Waals surface area contributed by atoms with Gasteiger partial charge in [-0.3, -0.25) is 0 Å². The number of hydrogen-bond acceptors (Lipinski definition) is 3. The minimum Gasteiger partial charge on any atom is -0.490 e. The summed E-state index contributed by atoms with van der Waals surface area (Å²) in [6.45, 7) is 4.27. The van der Waals surface area contributed by atoms with Crippen LogP contribution in [0.2, 0.25) is 0 Å². The highest BCUT2D eigenvalue weighted by Gasteiger charge is 2.23. The molecule has 0 amide bonds. The molecule has 0 heterocycles. The van der Waals surface area contributed by atoms with Gasteiger partial charge >= 0.3 is 0 Å². The number of ether oxygens (including phenoxy) is 1. The molecule has 1 fully saturated rings. The molecular weight excluding hydrogens is 236 g/mol. The van der Waals surface area contributed by atoms with E-state index < -0.39 is 0 Å². The summed E-state index contributed by atoms with van der Waals surface area (Å²) < 4.78 is 5.79. The molecule has 0 bridgehead atoms. The largest absolute Gasteiger partial charge is 0.490 e. The lowest BCUT2D eigenvalue weighted by Gasteiger charge is -2.23. The number of nitrogens with one attached hydrogen (secondary N) is 1. The van der Waals surface area contributed by atoms with Crippen molar-refractivity contribution in [1.29, 1.82) is 0 Å². The lowest BCUT2D eigenvalue weighted by Crippen LogP contribution is -2.31. The highest BCUT2D eigenvalue weighted by Crippen LogP contribution is 2.27. The van der Waals surface area contributed by atoms with Gasteiger partial charge in [-0.2, -0.15) is 0 Å². The maximum Gasteiger partial charge on any atom is 0.119 e. The van der Waals surface area contributed by atoms with Gasteiger partial charge in [0.1, 0.15) is 5.75 Å². The van der Waals surface area contributed by atoms with Crippen molar-refractivity contribution in [2.45, 2.75) is 38.3 Å². The second-order valence-electron chi connectivity index (χ2n) is 5.66. The Labute approximate surface area is 116 Å². The molecule has 1 N–H and O–H groups in total. The molecule has 1 saturated carbocycles. The summed E-state index contributed by atoms with van der Waals surface area (Å²) in [5.74, 6) is 1.00. The van der Waals surface area contributed by atoms with Crippen LogP contribution in [-0.4, -0.2) is 38.2 Å². The highest BCUT2D eigenvalue weighted by molar-refractivity contribution is 5.30. The van der Waals surface area contributed by atoms with E-state index in [-0.39, 0.29) is 0 Å². The van der Waals surface area contributed by atoms with Crippen LogP contribution in [0.3, 0.4) is 0 Å². The summed E-state index contributed by atoms with van der Waals surface area (Å²) in [5, 5.41) is 3.61. The Hall–Kier alpha value is -1.06. The van der Waals surface area contributed by atoms with E-state index in [2.05, 4.69) is 55.5 Å². The van der Waals surface area contributed by atoms with Gasteiger partial charge < -0.3 is 15.0 Å². The summed E-state index contributed by atoms with van der Waals surface area (Å²) in [6.07, 6.45) is 4.06. The molecule has 1 aliphatic rings. The van der Waals surface area contributed by atoms with Crippen molar-refractivity contribution < 1.29 is 4.74 Å². The van der Waals surface area contributed by atoms with Crippen LogP contribution >= 0.6 is 0 Å². The lowest BCUT2D eigenvalue weighted by molar-refractivity contribution is 0.302. The summed E-state index contributed by atoms with van der Waals surface area (Å²) in [5.41, 5.74) is 1.34. The molecule has 2 rings (SSSR count). The number of benzene rings is 1. The molecule has 1 aromatic carbocycles. The van der Waals surface area contributed by atoms with E-state index in [4.69, 9.17) is 4.74 Å². The van der Waals surface area contributed by atoms with Crippen molar-refractivity contribution in [2.75, 3.05) is 27.2 Å². The summed E-state index contributed by atoms with van der Waals surface area (Å²) >= 11 is 0. The van der Waals surface area contributed by atoms with Crippen LogP contribution < -0.4 is 10.1 Å². The van der Waals surface area contributed by atoms with E-state index in [9.17, 15) is 0 Å².